The molecule has 122 valence electrons. The highest BCUT2D eigenvalue weighted by atomic mass is 35.5. The van der Waals surface area contributed by atoms with E-state index in [1.807, 2.05) is 11.8 Å². The van der Waals surface area contributed by atoms with Crippen LogP contribution in [-0.4, -0.2) is 55.5 Å². The van der Waals surface area contributed by atoms with Crippen LogP contribution in [0, 0.1) is 0 Å². The molecule has 0 radical (unpaired) electrons. The number of benzene rings is 1. The van der Waals surface area contributed by atoms with Gasteiger partial charge in [0.05, 0.1) is 10.0 Å². The molecule has 1 N–H and O–H groups in total. The van der Waals surface area contributed by atoms with Crippen LogP contribution in [-0.2, 0) is 10.0 Å². The lowest BCUT2D eigenvalue weighted by Crippen LogP contribution is -2.52. The van der Waals surface area contributed by atoms with Gasteiger partial charge in [0.1, 0.15) is 4.90 Å². The van der Waals surface area contributed by atoms with Gasteiger partial charge in [-0.1, -0.05) is 29.3 Å². The monoisotopic (exact) mass is 381 g/mol. The summed E-state index contributed by atoms with van der Waals surface area (Å²) in [5.74, 6) is 0. The van der Waals surface area contributed by atoms with E-state index in [1.54, 1.807) is 12.1 Å². The van der Waals surface area contributed by atoms with Crippen LogP contribution in [0.15, 0.2) is 23.1 Å². The maximum atomic E-state index is 12.7. The van der Waals surface area contributed by atoms with Crippen molar-refractivity contribution in [3.63, 3.8) is 0 Å². The van der Waals surface area contributed by atoms with Crippen molar-refractivity contribution in [2.45, 2.75) is 11.8 Å². The van der Waals surface area contributed by atoms with Crippen molar-refractivity contribution in [1.29, 1.82) is 0 Å². The predicted octanol–water partition coefficient (Wildman–Crippen LogP) is 2.19. The Balaban J connectivity index is 2.13. The second-order valence-electron chi connectivity index (χ2n) is 4.78. The third kappa shape index (κ3) is 3.65. The third-order valence-corrected chi connectivity index (χ3v) is 6.66. The molecule has 0 amide bonds. The van der Waals surface area contributed by atoms with Crippen molar-refractivity contribution < 1.29 is 8.42 Å². The van der Waals surface area contributed by atoms with Gasteiger partial charge in [-0.2, -0.15) is 4.31 Å². The number of nitrogens with zero attached hydrogens (tertiary/aromatic N) is 2. The molecule has 0 atom stereocenters. The van der Waals surface area contributed by atoms with Crippen molar-refractivity contribution in [3.05, 3.63) is 28.2 Å². The van der Waals surface area contributed by atoms with E-state index in [4.69, 9.17) is 35.4 Å². The number of nitrogens with one attached hydrogen (secondary N) is 1. The first-order valence-corrected chi connectivity index (χ1v) is 9.45. The van der Waals surface area contributed by atoms with Gasteiger partial charge >= 0.3 is 0 Å². The van der Waals surface area contributed by atoms with Crippen LogP contribution in [0.25, 0.3) is 0 Å². The van der Waals surface area contributed by atoms with Gasteiger partial charge in [0, 0.05) is 32.7 Å². The van der Waals surface area contributed by atoms with E-state index < -0.39 is 10.0 Å². The average Bonchev–Trinajstić information content (AvgIpc) is 2.50. The standard InChI is InChI=1S/C13H17Cl2N3O2S2/c1-2-16-13(21)17-6-8-18(9-7-17)22(19,20)11-5-3-4-10(14)12(11)15/h3-5H,2,6-9H2,1H3,(H,16,21). The van der Waals surface area contributed by atoms with E-state index in [9.17, 15) is 8.42 Å². The van der Waals surface area contributed by atoms with E-state index in [-0.39, 0.29) is 14.9 Å². The fraction of sp³-hybridized carbons (Fsp3) is 0.462. The highest BCUT2D eigenvalue weighted by molar-refractivity contribution is 7.89. The quantitative estimate of drug-likeness (QED) is 0.813. The van der Waals surface area contributed by atoms with Crippen molar-refractivity contribution in [2.24, 2.45) is 0 Å². The molecule has 1 saturated heterocycles. The fourth-order valence-corrected chi connectivity index (χ4v) is 4.70. The SMILES string of the molecule is CCNC(=S)N1CCN(S(=O)(=O)c2cccc(Cl)c2Cl)CC1. The molecule has 0 unspecified atom stereocenters. The van der Waals surface area contributed by atoms with Crippen LogP contribution in [0.5, 0.6) is 0 Å². The zero-order valence-corrected chi connectivity index (χ0v) is 15.2. The normalized spacial score (nSPS) is 16.6. The molecule has 1 fully saturated rings. The average molecular weight is 382 g/mol. The third-order valence-electron chi connectivity index (χ3n) is 3.39. The number of piperazine rings is 1. The summed E-state index contributed by atoms with van der Waals surface area (Å²) < 4.78 is 26.8. The van der Waals surface area contributed by atoms with Gasteiger partial charge in [0.2, 0.25) is 10.0 Å². The van der Waals surface area contributed by atoms with E-state index >= 15 is 0 Å². The van der Waals surface area contributed by atoms with Crippen LogP contribution in [0.3, 0.4) is 0 Å². The second-order valence-corrected chi connectivity index (χ2v) is 7.86. The van der Waals surface area contributed by atoms with Gasteiger partial charge in [0.25, 0.3) is 0 Å². The Morgan fingerprint density at radius 2 is 1.91 bits per heavy atom. The Morgan fingerprint density at radius 3 is 2.50 bits per heavy atom. The maximum absolute atomic E-state index is 12.7. The first kappa shape index (κ1) is 17.7. The molecule has 9 heteroatoms. The molecule has 1 aliphatic heterocycles. The smallest absolute Gasteiger partial charge is 0.244 e. The summed E-state index contributed by atoms with van der Waals surface area (Å²) in [6.07, 6.45) is 0. The molecule has 0 aliphatic carbocycles. The summed E-state index contributed by atoms with van der Waals surface area (Å²) in [5, 5.41) is 4.02. The molecule has 0 aromatic heterocycles. The zero-order chi connectivity index (χ0) is 16.3. The van der Waals surface area contributed by atoms with E-state index in [1.165, 1.54) is 10.4 Å². The summed E-state index contributed by atoms with van der Waals surface area (Å²) in [7, 11) is -3.65. The number of hydrogen-bond donors (Lipinski definition) is 1. The predicted molar refractivity (Wildman–Crippen MR) is 93.1 cm³/mol. The number of thiocarbonyl (C=S) groups is 1. The van der Waals surface area contributed by atoms with Crippen LogP contribution in [0.1, 0.15) is 6.92 Å². The van der Waals surface area contributed by atoms with Crippen molar-refractivity contribution in [3.8, 4) is 0 Å². The van der Waals surface area contributed by atoms with Crippen molar-refractivity contribution >= 4 is 50.6 Å². The lowest BCUT2D eigenvalue weighted by molar-refractivity contribution is 0.264. The molecule has 1 aromatic carbocycles. The Hall–Kier alpha value is -0.600. The van der Waals surface area contributed by atoms with E-state index in [2.05, 4.69) is 5.32 Å². The van der Waals surface area contributed by atoms with Crippen LogP contribution >= 0.6 is 35.4 Å². The summed E-state index contributed by atoms with van der Waals surface area (Å²) >= 11 is 17.2. The minimum atomic E-state index is -3.65. The minimum Gasteiger partial charge on any atom is -0.363 e. The molecule has 22 heavy (non-hydrogen) atoms. The van der Waals surface area contributed by atoms with Gasteiger partial charge < -0.3 is 10.2 Å². The molecule has 5 nitrogen and oxygen atoms in total. The highest BCUT2D eigenvalue weighted by Crippen LogP contribution is 2.31. The first-order chi connectivity index (χ1) is 10.4. The van der Waals surface area contributed by atoms with Gasteiger partial charge in [-0.25, -0.2) is 8.42 Å². The van der Waals surface area contributed by atoms with Gasteiger partial charge in [-0.3, -0.25) is 0 Å². The van der Waals surface area contributed by atoms with Gasteiger partial charge in [-0.05, 0) is 31.3 Å². The van der Waals surface area contributed by atoms with E-state index in [0.29, 0.717) is 31.3 Å². The Kier molecular flexibility index (Phi) is 5.90. The van der Waals surface area contributed by atoms with Crippen molar-refractivity contribution in [1.82, 2.24) is 14.5 Å². The van der Waals surface area contributed by atoms with Gasteiger partial charge in [-0.15, -0.1) is 0 Å². The minimum absolute atomic E-state index is 0.0457. The Bertz CT molecular complexity index is 659. The summed E-state index contributed by atoms with van der Waals surface area (Å²) in [4.78, 5) is 2.01. The number of halogens is 2. The van der Waals surface area contributed by atoms with Gasteiger partial charge in [0.15, 0.2) is 5.11 Å². The summed E-state index contributed by atoms with van der Waals surface area (Å²) in [5.41, 5.74) is 0. The molecular formula is C13H17Cl2N3O2S2. The molecule has 0 bridgehead atoms. The molecule has 1 heterocycles. The Morgan fingerprint density at radius 1 is 1.27 bits per heavy atom. The lowest BCUT2D eigenvalue weighted by atomic mass is 10.4. The molecule has 0 spiro atoms. The lowest BCUT2D eigenvalue weighted by Gasteiger charge is -2.35. The summed E-state index contributed by atoms with van der Waals surface area (Å²) in [6.45, 7) is 4.52. The molecule has 0 saturated carbocycles. The number of sulfonamides is 1. The van der Waals surface area contributed by atoms with Crippen LogP contribution in [0.2, 0.25) is 10.0 Å². The molecule has 1 aromatic rings. The largest absolute Gasteiger partial charge is 0.363 e. The zero-order valence-electron chi connectivity index (χ0n) is 12.1. The van der Waals surface area contributed by atoms with Crippen molar-refractivity contribution in [2.75, 3.05) is 32.7 Å². The number of rotatable bonds is 3. The van der Waals surface area contributed by atoms with E-state index in [0.717, 1.165) is 6.54 Å². The maximum Gasteiger partial charge on any atom is 0.244 e. The fourth-order valence-electron chi connectivity index (χ4n) is 2.22. The number of hydrogen-bond acceptors (Lipinski definition) is 3. The summed E-state index contributed by atoms with van der Waals surface area (Å²) in [6, 6.07) is 4.62. The first-order valence-electron chi connectivity index (χ1n) is 6.85. The molecular weight excluding hydrogens is 365 g/mol. The molecule has 2 rings (SSSR count). The highest BCUT2D eigenvalue weighted by Gasteiger charge is 2.31. The van der Waals surface area contributed by atoms with Crippen LogP contribution in [0.4, 0.5) is 0 Å². The Labute approximate surface area is 146 Å². The topological polar surface area (TPSA) is 52.6 Å². The second kappa shape index (κ2) is 7.31. The van der Waals surface area contributed by atoms with Crippen LogP contribution < -0.4 is 5.32 Å². The molecule has 1 aliphatic rings.